The van der Waals surface area contributed by atoms with Gasteiger partial charge in [0.25, 0.3) is 5.56 Å². The fourth-order valence-electron chi connectivity index (χ4n) is 3.94. The van der Waals surface area contributed by atoms with Crippen LogP contribution in [0.2, 0.25) is 5.02 Å². The molecule has 2 aromatic carbocycles. The van der Waals surface area contributed by atoms with E-state index in [1.165, 1.54) is 16.7 Å². The highest BCUT2D eigenvalue weighted by atomic mass is 35.5. The summed E-state index contributed by atoms with van der Waals surface area (Å²) in [5.74, 6) is -0.354. The number of benzene rings is 2. The zero-order valence-corrected chi connectivity index (χ0v) is 19.2. The number of pyridine rings is 1. The Morgan fingerprint density at radius 3 is 2.53 bits per heavy atom. The second-order valence-corrected chi connectivity index (χ2v) is 8.90. The quantitative estimate of drug-likeness (QED) is 0.545. The largest absolute Gasteiger partial charge is 0.318 e. The monoisotopic (exact) mass is 473 g/mol. The molecule has 166 valence electrons. The molecule has 0 aliphatic carbocycles. The van der Waals surface area contributed by atoms with E-state index in [4.69, 9.17) is 16.6 Å². The van der Waals surface area contributed by atoms with Gasteiger partial charge in [-0.05, 0) is 66.9 Å². The number of fused-ring (bicyclic) bond motifs is 3. The highest BCUT2D eigenvalue weighted by Gasteiger charge is 2.26. The molecule has 2 heterocycles. The molecule has 32 heavy (non-hydrogen) atoms. The number of aryl methyl sites for hydroxylation is 1. The van der Waals surface area contributed by atoms with Gasteiger partial charge in [-0.3, -0.25) is 14.3 Å². The first-order chi connectivity index (χ1) is 15.2. The van der Waals surface area contributed by atoms with Crippen LogP contribution in [-0.2, 0) is 18.3 Å². The molecule has 3 atom stereocenters. The molecule has 3 aromatic rings. The summed E-state index contributed by atoms with van der Waals surface area (Å²) < 4.78 is 38.2. The summed E-state index contributed by atoms with van der Waals surface area (Å²) in [6.07, 6.45) is 1.76. The van der Waals surface area contributed by atoms with Crippen molar-refractivity contribution in [3.8, 4) is 11.1 Å². The normalized spacial score (nSPS) is 17.1. The first-order valence-electron chi connectivity index (χ1n) is 9.91. The Kier molecular flexibility index (Phi) is 6.13. The number of nitrogens with one attached hydrogen (secondary N) is 1. The topological polar surface area (TPSA) is 83.7 Å². The molecule has 0 saturated carbocycles. The van der Waals surface area contributed by atoms with Gasteiger partial charge < -0.3 is 4.57 Å². The zero-order chi connectivity index (χ0) is 23.2. The average Bonchev–Trinajstić information content (AvgIpc) is 2.83. The molecule has 1 aromatic heterocycles. The lowest BCUT2D eigenvalue weighted by molar-refractivity contribution is 0.536. The lowest BCUT2D eigenvalue weighted by Crippen LogP contribution is -2.21. The molecule has 2 N–H and O–H groups in total. The molecule has 0 amide bonds. The van der Waals surface area contributed by atoms with Crippen LogP contribution < -0.4 is 10.3 Å². The van der Waals surface area contributed by atoms with E-state index < -0.39 is 17.3 Å². The Morgan fingerprint density at radius 1 is 1.19 bits per heavy atom. The predicted octanol–water partition coefficient (Wildman–Crippen LogP) is 4.54. The molecule has 6 nitrogen and oxygen atoms in total. The van der Waals surface area contributed by atoms with Crippen molar-refractivity contribution >= 4 is 28.6 Å². The Hall–Kier alpha value is -2.65. The van der Waals surface area contributed by atoms with Crippen molar-refractivity contribution in [2.24, 2.45) is 12.0 Å². The maximum Gasteiger partial charge on any atom is 0.250 e. The number of halogens is 2. The molecule has 9 heteroatoms. The molecule has 3 unspecified atom stereocenters. The standard InChI is InChI=1S/C23H21ClFN3O3S/c1-12-16-10-22(29)28(3)11-20(16)18-8-17(13(2)27-32(30)31)21(24)9-19(18)23(26-12)14-4-6-15(25)7-5-14/h4-13,27H,1-3H3,(H,30,31). The van der Waals surface area contributed by atoms with Crippen molar-refractivity contribution in [2.75, 3.05) is 0 Å². The van der Waals surface area contributed by atoms with Gasteiger partial charge >= 0.3 is 0 Å². The molecule has 0 bridgehead atoms. The molecule has 4 rings (SSSR count). The summed E-state index contributed by atoms with van der Waals surface area (Å²) in [4.78, 5) is 17.3. The van der Waals surface area contributed by atoms with Gasteiger partial charge in [0.2, 0.25) is 11.3 Å². The lowest BCUT2D eigenvalue weighted by atomic mass is 9.90. The van der Waals surface area contributed by atoms with E-state index in [0.717, 1.165) is 22.3 Å². The van der Waals surface area contributed by atoms with Gasteiger partial charge in [-0.2, -0.15) is 0 Å². The number of aliphatic imine (C=N–C) groups is 1. The van der Waals surface area contributed by atoms with E-state index in [1.54, 1.807) is 44.4 Å². The summed E-state index contributed by atoms with van der Waals surface area (Å²) in [7, 11) is 1.68. The number of hydrogen-bond acceptors (Lipinski definition) is 3. The van der Waals surface area contributed by atoms with Crippen LogP contribution in [0.5, 0.6) is 0 Å². The van der Waals surface area contributed by atoms with Crippen molar-refractivity contribution in [3.63, 3.8) is 0 Å². The van der Waals surface area contributed by atoms with Crippen LogP contribution in [0.25, 0.3) is 11.1 Å². The zero-order valence-electron chi connectivity index (χ0n) is 17.6. The average molecular weight is 474 g/mol. The fourth-order valence-corrected chi connectivity index (χ4v) is 4.70. The number of aromatic nitrogens is 1. The minimum absolute atomic E-state index is 0.155. The second-order valence-electron chi connectivity index (χ2n) is 7.76. The molecule has 1 aliphatic rings. The molecule has 1 aliphatic heterocycles. The van der Waals surface area contributed by atoms with Gasteiger partial charge in [0.1, 0.15) is 5.82 Å². The van der Waals surface area contributed by atoms with Crippen molar-refractivity contribution in [1.82, 2.24) is 9.29 Å². The summed E-state index contributed by atoms with van der Waals surface area (Å²) >= 11 is 4.38. The Bertz CT molecular complexity index is 1320. The summed E-state index contributed by atoms with van der Waals surface area (Å²) in [6, 6.07) is 10.4. The summed E-state index contributed by atoms with van der Waals surface area (Å²) in [5.41, 5.74) is 4.88. The van der Waals surface area contributed by atoms with Crippen molar-refractivity contribution < 1.29 is 13.2 Å². The minimum atomic E-state index is -2.22. The summed E-state index contributed by atoms with van der Waals surface area (Å²) in [6.45, 7) is 3.63. The van der Waals surface area contributed by atoms with Gasteiger partial charge in [0, 0.05) is 47.1 Å². The first kappa shape index (κ1) is 22.5. The highest BCUT2D eigenvalue weighted by Crippen LogP contribution is 2.40. The van der Waals surface area contributed by atoms with E-state index in [1.807, 2.05) is 13.0 Å². The van der Waals surface area contributed by atoms with Crippen LogP contribution in [0.1, 0.15) is 48.2 Å². The second kappa shape index (κ2) is 8.71. The Morgan fingerprint density at radius 2 is 1.88 bits per heavy atom. The SMILES string of the molecule is CC1N=C(c2ccc(F)cc2)c2cc(Cl)c(C(C)NS(=O)O)cc2-c2cn(C)c(=O)cc21. The Labute approximate surface area is 192 Å². The highest BCUT2D eigenvalue weighted by molar-refractivity contribution is 7.77. The molecule has 0 radical (unpaired) electrons. The fraction of sp³-hybridized carbons (Fsp3) is 0.217. The van der Waals surface area contributed by atoms with Crippen LogP contribution in [0.3, 0.4) is 0 Å². The summed E-state index contributed by atoms with van der Waals surface area (Å²) in [5, 5.41) is 0.393. The van der Waals surface area contributed by atoms with E-state index >= 15 is 0 Å². The van der Waals surface area contributed by atoms with Crippen molar-refractivity contribution in [3.05, 3.63) is 92.1 Å². The van der Waals surface area contributed by atoms with Crippen molar-refractivity contribution in [1.29, 1.82) is 0 Å². The third-order valence-corrected chi connectivity index (χ3v) is 6.46. The molecule has 0 fully saturated rings. The van der Waals surface area contributed by atoms with Crippen LogP contribution in [0.4, 0.5) is 4.39 Å². The van der Waals surface area contributed by atoms with Crippen molar-refractivity contribution in [2.45, 2.75) is 25.9 Å². The predicted molar refractivity (Wildman–Crippen MR) is 125 cm³/mol. The van der Waals surface area contributed by atoms with Gasteiger partial charge in [-0.25, -0.2) is 13.3 Å². The van der Waals surface area contributed by atoms with E-state index in [9.17, 15) is 17.9 Å². The molecular weight excluding hydrogens is 453 g/mol. The van der Waals surface area contributed by atoms with Gasteiger partial charge in [-0.1, -0.05) is 11.6 Å². The van der Waals surface area contributed by atoms with Gasteiger partial charge in [-0.15, -0.1) is 0 Å². The maximum absolute atomic E-state index is 13.6. The lowest BCUT2D eigenvalue weighted by Gasteiger charge is -2.19. The van der Waals surface area contributed by atoms with Gasteiger partial charge in [0.15, 0.2) is 0 Å². The third-order valence-electron chi connectivity index (χ3n) is 5.58. The number of rotatable bonds is 4. The molecule has 0 saturated heterocycles. The molecule has 0 spiro atoms. The van der Waals surface area contributed by atoms with E-state index in [2.05, 4.69) is 4.72 Å². The maximum atomic E-state index is 13.6. The Balaban J connectivity index is 2.03. The van der Waals surface area contributed by atoms with Crippen LogP contribution in [0, 0.1) is 5.82 Å². The van der Waals surface area contributed by atoms with Gasteiger partial charge in [0.05, 0.1) is 11.8 Å². The molecular formula is C23H21ClFN3O3S. The first-order valence-corrected chi connectivity index (χ1v) is 11.4. The van der Waals surface area contributed by atoms with Crippen LogP contribution >= 0.6 is 11.6 Å². The number of hydrogen-bond donors (Lipinski definition) is 2. The van der Waals surface area contributed by atoms with Crippen LogP contribution in [0.15, 0.2) is 58.4 Å². The minimum Gasteiger partial charge on any atom is -0.318 e. The van der Waals surface area contributed by atoms with E-state index in [0.29, 0.717) is 21.9 Å². The van der Waals surface area contributed by atoms with Crippen LogP contribution in [-0.4, -0.2) is 19.0 Å². The smallest absolute Gasteiger partial charge is 0.250 e. The van der Waals surface area contributed by atoms with E-state index in [-0.39, 0.29) is 17.4 Å². The third kappa shape index (κ3) is 4.19. The number of nitrogens with zero attached hydrogens (tertiary/aromatic N) is 2.